The highest BCUT2D eigenvalue weighted by molar-refractivity contribution is 6.11. The molecule has 1 saturated carbocycles. The molecule has 1 N–H and O–H groups in total. The molecule has 7 heteroatoms. The number of benzene rings is 1. The van der Waals surface area contributed by atoms with E-state index in [2.05, 4.69) is 10.3 Å². The first-order chi connectivity index (χ1) is 13.4. The van der Waals surface area contributed by atoms with Crippen molar-refractivity contribution in [1.82, 2.24) is 19.8 Å². The Morgan fingerprint density at radius 3 is 2.46 bits per heavy atom. The molecule has 0 radical (unpaired) electrons. The summed E-state index contributed by atoms with van der Waals surface area (Å²) in [7, 11) is 0. The molecule has 0 bridgehead atoms. The van der Waals surface area contributed by atoms with Gasteiger partial charge in [-0.3, -0.25) is 14.5 Å². The number of carbonyl (C=O) groups excluding carboxylic acids is 3. The molecule has 1 aliphatic heterocycles. The number of para-hydroxylation sites is 1. The van der Waals surface area contributed by atoms with Gasteiger partial charge in [0.05, 0.1) is 12.2 Å². The van der Waals surface area contributed by atoms with E-state index in [4.69, 9.17) is 0 Å². The van der Waals surface area contributed by atoms with Gasteiger partial charge in [0.25, 0.3) is 5.91 Å². The van der Waals surface area contributed by atoms with Crippen LogP contribution in [0.3, 0.4) is 0 Å². The minimum absolute atomic E-state index is 0.276. The summed E-state index contributed by atoms with van der Waals surface area (Å²) in [4.78, 5) is 43.7. The number of ketones is 1. The topological polar surface area (TPSA) is 84.3 Å². The zero-order valence-electron chi connectivity index (χ0n) is 16.2. The van der Waals surface area contributed by atoms with Crippen LogP contribution in [-0.4, -0.2) is 44.3 Å². The van der Waals surface area contributed by atoms with Crippen LogP contribution in [-0.2, 0) is 4.79 Å². The number of nitrogens with one attached hydrogen (secondary N) is 1. The molecule has 28 heavy (non-hydrogen) atoms. The van der Waals surface area contributed by atoms with Gasteiger partial charge in [0.15, 0.2) is 0 Å². The van der Waals surface area contributed by atoms with Gasteiger partial charge >= 0.3 is 6.03 Å². The predicted molar refractivity (Wildman–Crippen MR) is 103 cm³/mol. The van der Waals surface area contributed by atoms with E-state index < -0.39 is 11.6 Å². The maximum atomic E-state index is 12.9. The molecule has 2 aromatic rings. The average Bonchev–Trinajstić information content (AvgIpc) is 3.11. The lowest BCUT2D eigenvalue weighted by atomic mass is 9.82. The molecule has 0 atom stereocenters. The van der Waals surface area contributed by atoms with E-state index in [-0.39, 0.29) is 18.2 Å². The van der Waals surface area contributed by atoms with Gasteiger partial charge in [-0.1, -0.05) is 37.5 Å². The molecule has 2 fully saturated rings. The molecule has 4 rings (SSSR count). The summed E-state index contributed by atoms with van der Waals surface area (Å²) in [6.45, 7) is 3.38. The first-order valence-corrected chi connectivity index (χ1v) is 9.72. The number of amides is 3. The number of imidazole rings is 1. The molecule has 2 heterocycles. The van der Waals surface area contributed by atoms with E-state index in [0.717, 1.165) is 29.8 Å². The number of aryl methyl sites for hydroxylation is 1. The van der Waals surface area contributed by atoms with Crippen LogP contribution in [0, 0.1) is 13.8 Å². The summed E-state index contributed by atoms with van der Waals surface area (Å²) in [5.41, 5.74) is 1.10. The predicted octanol–water partition coefficient (Wildman–Crippen LogP) is 2.93. The molecular formula is C21H24N4O3. The molecule has 1 aromatic carbocycles. The van der Waals surface area contributed by atoms with Gasteiger partial charge < -0.3 is 9.88 Å². The van der Waals surface area contributed by atoms with Crippen molar-refractivity contribution in [2.45, 2.75) is 51.5 Å². The number of Topliss-reactive ketones (excluding diaryl/α,β-unsaturated/α-hetero) is 1. The molecule has 1 aliphatic carbocycles. The quantitative estimate of drug-likeness (QED) is 0.653. The van der Waals surface area contributed by atoms with E-state index in [1.54, 1.807) is 0 Å². The molecule has 1 aromatic heterocycles. The number of rotatable bonds is 4. The molecule has 1 saturated heterocycles. The number of urea groups is 1. The van der Waals surface area contributed by atoms with E-state index in [1.165, 1.54) is 0 Å². The summed E-state index contributed by atoms with van der Waals surface area (Å²) in [6.07, 6.45) is 4.17. The normalized spacial score (nSPS) is 18.6. The van der Waals surface area contributed by atoms with Crippen LogP contribution in [0.15, 0.2) is 30.3 Å². The smallest absolute Gasteiger partial charge is 0.323 e. The molecule has 3 amide bonds. The van der Waals surface area contributed by atoms with E-state index in [1.807, 2.05) is 48.7 Å². The Kier molecular flexibility index (Phi) is 4.53. The lowest BCUT2D eigenvalue weighted by molar-refractivity contribution is -0.132. The molecular weight excluding hydrogens is 356 g/mol. The standard InChI is InChI=1S/C21H24N4O3/c1-14-18(22-15(2)25(14)16-9-5-3-6-10-16)17(26)13-24-19(27)21(23-20(24)28)11-7-4-8-12-21/h3,5-6,9-10H,4,7-8,11-13H2,1-2H3,(H,23,28). The Morgan fingerprint density at radius 1 is 1.11 bits per heavy atom. The highest BCUT2D eigenvalue weighted by Gasteiger charge is 2.51. The van der Waals surface area contributed by atoms with Crippen LogP contribution in [0.1, 0.15) is 54.1 Å². The first-order valence-electron chi connectivity index (χ1n) is 9.72. The van der Waals surface area contributed by atoms with Gasteiger partial charge in [0, 0.05) is 5.69 Å². The van der Waals surface area contributed by atoms with Gasteiger partial charge in [0.2, 0.25) is 5.78 Å². The third kappa shape index (κ3) is 2.91. The van der Waals surface area contributed by atoms with Crippen molar-refractivity contribution in [3.63, 3.8) is 0 Å². The zero-order chi connectivity index (χ0) is 19.9. The Labute approximate surface area is 163 Å². The zero-order valence-corrected chi connectivity index (χ0v) is 16.2. The van der Waals surface area contributed by atoms with Crippen LogP contribution in [0.2, 0.25) is 0 Å². The number of nitrogens with zero attached hydrogens (tertiary/aromatic N) is 3. The van der Waals surface area contributed by atoms with Crippen molar-refractivity contribution in [2.75, 3.05) is 6.54 Å². The maximum absolute atomic E-state index is 12.9. The number of carbonyl (C=O) groups is 3. The first kappa shape index (κ1) is 18.4. The highest BCUT2D eigenvalue weighted by atomic mass is 16.2. The lowest BCUT2D eigenvalue weighted by Crippen LogP contribution is -2.48. The minimum atomic E-state index is -0.816. The van der Waals surface area contributed by atoms with Crippen molar-refractivity contribution in [1.29, 1.82) is 0 Å². The molecule has 2 aliphatic rings. The number of imide groups is 1. The van der Waals surface area contributed by atoms with Crippen LogP contribution in [0.5, 0.6) is 0 Å². The van der Waals surface area contributed by atoms with Gasteiger partial charge in [0.1, 0.15) is 17.1 Å². The van der Waals surface area contributed by atoms with Gasteiger partial charge in [-0.2, -0.15) is 0 Å². The van der Waals surface area contributed by atoms with E-state index in [0.29, 0.717) is 30.1 Å². The van der Waals surface area contributed by atoms with Gasteiger partial charge in [-0.05, 0) is 38.8 Å². The molecule has 146 valence electrons. The Balaban J connectivity index is 1.58. The minimum Gasteiger partial charge on any atom is -0.323 e. The third-order valence-electron chi connectivity index (χ3n) is 5.81. The number of hydrogen-bond donors (Lipinski definition) is 1. The second-order valence-electron chi connectivity index (χ2n) is 7.65. The Bertz CT molecular complexity index is 942. The third-order valence-corrected chi connectivity index (χ3v) is 5.81. The summed E-state index contributed by atoms with van der Waals surface area (Å²) >= 11 is 0. The fraction of sp³-hybridized carbons (Fsp3) is 0.429. The monoisotopic (exact) mass is 380 g/mol. The lowest BCUT2D eigenvalue weighted by Gasteiger charge is -2.30. The van der Waals surface area contributed by atoms with Gasteiger partial charge in [-0.15, -0.1) is 0 Å². The molecule has 1 spiro atoms. The van der Waals surface area contributed by atoms with Gasteiger partial charge in [-0.25, -0.2) is 9.78 Å². The van der Waals surface area contributed by atoms with Crippen molar-refractivity contribution in [2.24, 2.45) is 0 Å². The highest BCUT2D eigenvalue weighted by Crippen LogP contribution is 2.33. The number of aromatic nitrogens is 2. The van der Waals surface area contributed by atoms with Crippen molar-refractivity contribution < 1.29 is 14.4 Å². The Morgan fingerprint density at radius 2 is 1.79 bits per heavy atom. The van der Waals surface area contributed by atoms with Crippen LogP contribution >= 0.6 is 0 Å². The van der Waals surface area contributed by atoms with Crippen LogP contribution in [0.4, 0.5) is 4.79 Å². The average molecular weight is 380 g/mol. The van der Waals surface area contributed by atoms with E-state index in [9.17, 15) is 14.4 Å². The second kappa shape index (κ2) is 6.89. The second-order valence-corrected chi connectivity index (χ2v) is 7.65. The summed E-state index contributed by atoms with van der Waals surface area (Å²) < 4.78 is 1.90. The fourth-order valence-corrected chi connectivity index (χ4v) is 4.40. The van der Waals surface area contributed by atoms with Crippen LogP contribution < -0.4 is 5.32 Å². The van der Waals surface area contributed by atoms with Crippen molar-refractivity contribution in [3.05, 3.63) is 47.5 Å². The van der Waals surface area contributed by atoms with Crippen molar-refractivity contribution in [3.8, 4) is 5.69 Å². The van der Waals surface area contributed by atoms with Crippen LogP contribution in [0.25, 0.3) is 5.69 Å². The number of hydrogen-bond acceptors (Lipinski definition) is 4. The van der Waals surface area contributed by atoms with E-state index >= 15 is 0 Å². The summed E-state index contributed by atoms with van der Waals surface area (Å²) in [6, 6.07) is 9.19. The Hall–Kier alpha value is -2.96. The summed E-state index contributed by atoms with van der Waals surface area (Å²) in [5.74, 6) is 0.0852. The largest absolute Gasteiger partial charge is 0.325 e. The van der Waals surface area contributed by atoms with Crippen molar-refractivity contribution >= 4 is 17.7 Å². The SMILES string of the molecule is Cc1nc(C(=O)CN2C(=O)NC3(CCCCC3)C2=O)c(C)n1-c1ccccc1. The fourth-order valence-electron chi connectivity index (χ4n) is 4.40. The molecule has 0 unspecified atom stereocenters. The maximum Gasteiger partial charge on any atom is 0.325 e. The summed E-state index contributed by atoms with van der Waals surface area (Å²) in [5, 5.41) is 2.84. The molecule has 7 nitrogen and oxygen atoms in total.